The van der Waals surface area contributed by atoms with Crippen LogP contribution in [-0.2, 0) is 4.79 Å². The second kappa shape index (κ2) is 11.1. The summed E-state index contributed by atoms with van der Waals surface area (Å²) in [5.41, 5.74) is 1.13. The van der Waals surface area contributed by atoms with Gasteiger partial charge in [0.1, 0.15) is 12.1 Å². The Morgan fingerprint density at radius 3 is 2.64 bits per heavy atom. The first-order chi connectivity index (χ1) is 12.1. The molecule has 1 aromatic heterocycles. The molecule has 2 heterocycles. The quantitative estimate of drug-likeness (QED) is 0.591. The molecule has 0 spiro atoms. The lowest BCUT2D eigenvalue weighted by molar-refractivity contribution is -0.616. The molecule has 3 N–H and O–H groups in total. The second-order valence-electron chi connectivity index (χ2n) is 7.38. The number of unbranched alkanes of at least 4 members (excludes halogenated alkanes) is 4. The van der Waals surface area contributed by atoms with Crippen molar-refractivity contribution in [2.45, 2.75) is 77.4 Å². The minimum Gasteiger partial charge on any atom is -0.381 e. The first kappa shape index (κ1) is 20.6. The summed E-state index contributed by atoms with van der Waals surface area (Å²) >= 11 is 1.60. The zero-order valence-corrected chi connectivity index (χ0v) is 16.7. The van der Waals surface area contributed by atoms with Crippen molar-refractivity contribution in [1.29, 1.82) is 0 Å². The fourth-order valence-corrected chi connectivity index (χ4v) is 4.60. The molecule has 1 aliphatic heterocycles. The molecule has 1 saturated heterocycles. The van der Waals surface area contributed by atoms with E-state index in [1.807, 2.05) is 23.7 Å². The van der Waals surface area contributed by atoms with Crippen molar-refractivity contribution >= 4 is 17.2 Å². The van der Waals surface area contributed by atoms with Crippen LogP contribution in [0.25, 0.3) is 0 Å². The third kappa shape index (κ3) is 6.81. The average Bonchev–Trinajstić information content (AvgIpc) is 3.25. The highest BCUT2D eigenvalue weighted by Gasteiger charge is 2.31. The Bertz CT molecular complexity index is 512. The Kier molecular flexibility index (Phi) is 9.10. The van der Waals surface area contributed by atoms with Gasteiger partial charge in [-0.3, -0.25) is 10.2 Å². The van der Waals surface area contributed by atoms with E-state index in [0.717, 1.165) is 42.9 Å². The number of aliphatic hydroxyl groups is 1. The molecule has 1 fully saturated rings. The molecule has 0 unspecified atom stereocenters. The molecule has 1 amide bonds. The van der Waals surface area contributed by atoms with Crippen LogP contribution in [0, 0.1) is 6.92 Å². The largest absolute Gasteiger partial charge is 0.381 e. The van der Waals surface area contributed by atoms with Crippen molar-refractivity contribution in [1.82, 2.24) is 4.90 Å². The van der Waals surface area contributed by atoms with Gasteiger partial charge in [-0.2, -0.15) is 0 Å². The van der Waals surface area contributed by atoms with E-state index < -0.39 is 6.10 Å². The van der Waals surface area contributed by atoms with E-state index in [4.69, 9.17) is 0 Å². The molecular weight excluding hydrogens is 332 g/mol. The Hall–Kier alpha value is -0.750. The molecule has 25 heavy (non-hydrogen) atoms. The molecule has 2 atom stereocenters. The number of primary amides is 1. The van der Waals surface area contributed by atoms with E-state index in [2.05, 4.69) is 11.8 Å². The van der Waals surface area contributed by atoms with Crippen molar-refractivity contribution < 1.29 is 15.2 Å². The van der Waals surface area contributed by atoms with Gasteiger partial charge in [0.15, 0.2) is 0 Å². The molecule has 0 aromatic carbocycles. The number of likely N-dealkylation sites (tertiary alicyclic amines) is 1. The van der Waals surface area contributed by atoms with Crippen LogP contribution in [0.15, 0.2) is 11.4 Å². The molecule has 0 radical (unpaired) electrons. The highest BCUT2D eigenvalue weighted by molar-refractivity contribution is 7.10. The summed E-state index contributed by atoms with van der Waals surface area (Å²) in [6.45, 7) is 7.21. The maximum absolute atomic E-state index is 12.4. The summed E-state index contributed by atoms with van der Waals surface area (Å²) in [6, 6.07) is 1.95. The van der Waals surface area contributed by atoms with Crippen LogP contribution < -0.4 is 5.32 Å². The number of carbonyl (C=O) groups is 1. The van der Waals surface area contributed by atoms with Crippen molar-refractivity contribution in [3.05, 3.63) is 21.9 Å². The smallest absolute Gasteiger partial charge is 0.310 e. The van der Waals surface area contributed by atoms with Crippen LogP contribution in [0.4, 0.5) is 0 Å². The average molecular weight is 368 g/mol. The van der Waals surface area contributed by atoms with Gasteiger partial charge in [-0.05, 0) is 56.3 Å². The highest BCUT2D eigenvalue weighted by atomic mass is 32.1. The summed E-state index contributed by atoms with van der Waals surface area (Å²) < 4.78 is 0. The lowest BCUT2D eigenvalue weighted by Crippen LogP contribution is -2.95. The van der Waals surface area contributed by atoms with Crippen molar-refractivity contribution in [3.8, 4) is 0 Å². The lowest BCUT2D eigenvalue weighted by Gasteiger charge is -2.25. The van der Waals surface area contributed by atoms with Crippen molar-refractivity contribution in [2.24, 2.45) is 0 Å². The lowest BCUT2D eigenvalue weighted by atomic mass is 10.1. The zero-order valence-electron chi connectivity index (χ0n) is 15.9. The Balaban J connectivity index is 1.89. The topological polar surface area (TPSA) is 57.2 Å². The van der Waals surface area contributed by atoms with E-state index in [9.17, 15) is 9.90 Å². The molecule has 1 aliphatic rings. The van der Waals surface area contributed by atoms with Gasteiger partial charge in [-0.1, -0.05) is 32.6 Å². The molecule has 1 aromatic rings. The number of hydrogen-bond donors (Lipinski definition) is 2. The predicted molar refractivity (Wildman–Crippen MR) is 104 cm³/mol. The Morgan fingerprint density at radius 1 is 1.28 bits per heavy atom. The molecule has 2 rings (SSSR count). The second-order valence-corrected chi connectivity index (χ2v) is 8.33. The number of hydrogen-bond acceptors (Lipinski definition) is 4. The van der Waals surface area contributed by atoms with Crippen LogP contribution in [0.2, 0.25) is 0 Å². The van der Waals surface area contributed by atoms with Gasteiger partial charge in [-0.25, -0.2) is 4.79 Å². The van der Waals surface area contributed by atoms with Crippen molar-refractivity contribution in [3.63, 3.8) is 0 Å². The van der Waals surface area contributed by atoms with Gasteiger partial charge in [-0.15, -0.1) is 11.3 Å². The maximum atomic E-state index is 12.4. The van der Waals surface area contributed by atoms with Crippen LogP contribution in [0.3, 0.4) is 0 Å². The number of aliphatic hydroxyl groups excluding tert-OH is 1. The molecule has 0 aliphatic carbocycles. The summed E-state index contributed by atoms with van der Waals surface area (Å²) in [6.07, 6.45) is 8.32. The van der Waals surface area contributed by atoms with Gasteiger partial charge in [0.05, 0.1) is 13.0 Å². The first-order valence-corrected chi connectivity index (χ1v) is 10.8. The summed E-state index contributed by atoms with van der Waals surface area (Å²) in [4.78, 5) is 15.8. The van der Waals surface area contributed by atoms with Crippen molar-refractivity contribution in [2.75, 3.05) is 19.6 Å². The monoisotopic (exact) mass is 367 g/mol. The molecule has 4 nitrogen and oxygen atoms in total. The SMILES string of the molecule is CCCCCCCC(=O)[NH2+][C@H](CN1CCCC1)[C@H](O)c1sccc1C. The number of nitrogens with two attached hydrogens (primary N) is 1. The summed E-state index contributed by atoms with van der Waals surface area (Å²) in [7, 11) is 0. The van der Waals surface area contributed by atoms with Crippen LogP contribution >= 0.6 is 11.3 Å². The summed E-state index contributed by atoms with van der Waals surface area (Å²) in [5, 5.41) is 14.7. The molecule has 0 bridgehead atoms. The zero-order chi connectivity index (χ0) is 18.1. The van der Waals surface area contributed by atoms with E-state index in [-0.39, 0.29) is 11.9 Å². The Labute approximate surface area is 156 Å². The fraction of sp³-hybridized carbons (Fsp3) is 0.750. The number of aryl methyl sites for hydroxylation is 1. The number of amides is 1. The minimum absolute atomic E-state index is 0.0985. The number of carbonyl (C=O) groups excluding carboxylic acids is 1. The van der Waals surface area contributed by atoms with Crippen LogP contribution in [-0.4, -0.2) is 41.6 Å². The first-order valence-electron chi connectivity index (χ1n) is 9.94. The van der Waals surface area contributed by atoms with Gasteiger partial charge in [0.25, 0.3) is 0 Å². The normalized spacial score (nSPS) is 17.7. The van der Waals surface area contributed by atoms with E-state index in [0.29, 0.717) is 6.42 Å². The van der Waals surface area contributed by atoms with E-state index in [1.54, 1.807) is 11.3 Å². The van der Waals surface area contributed by atoms with E-state index >= 15 is 0 Å². The van der Waals surface area contributed by atoms with Gasteiger partial charge < -0.3 is 5.11 Å². The fourth-order valence-electron chi connectivity index (χ4n) is 3.61. The maximum Gasteiger partial charge on any atom is 0.310 e. The number of rotatable bonds is 11. The third-order valence-electron chi connectivity index (χ3n) is 5.17. The standard InChI is InChI=1S/C20H34N2O2S/c1-3-4-5-6-7-10-18(23)21-17(15-22-12-8-9-13-22)19(24)20-16(2)11-14-25-20/h11,14,17,19,24H,3-10,12-13,15H2,1-2H3,(H,21,23)/p+1/t17-,19+/m1/s1. The molecule has 142 valence electrons. The number of quaternary nitrogens is 1. The number of nitrogens with zero attached hydrogens (tertiary/aromatic N) is 1. The minimum atomic E-state index is -0.565. The molecule has 0 saturated carbocycles. The summed E-state index contributed by atoms with van der Waals surface area (Å²) in [5.74, 6) is 0.203. The van der Waals surface area contributed by atoms with Crippen LogP contribution in [0.1, 0.15) is 74.8 Å². The van der Waals surface area contributed by atoms with Gasteiger partial charge >= 0.3 is 5.91 Å². The van der Waals surface area contributed by atoms with E-state index in [1.165, 1.54) is 32.1 Å². The predicted octanol–water partition coefficient (Wildman–Crippen LogP) is 3.00. The molecule has 5 heteroatoms. The van der Waals surface area contributed by atoms with Gasteiger partial charge in [0, 0.05) is 4.88 Å². The molecular formula is C20H35N2O2S+. The highest BCUT2D eigenvalue weighted by Crippen LogP contribution is 2.26. The number of thiophene rings is 1. The third-order valence-corrected chi connectivity index (χ3v) is 6.26. The Morgan fingerprint density at radius 2 is 2.00 bits per heavy atom. The van der Waals surface area contributed by atoms with Gasteiger partial charge in [0.2, 0.25) is 0 Å². The van der Waals surface area contributed by atoms with Crippen LogP contribution in [0.5, 0.6) is 0 Å².